The van der Waals surface area contributed by atoms with Crippen LogP contribution >= 0.6 is 0 Å². The number of nitrogens with one attached hydrogen (secondary N) is 1. The van der Waals surface area contributed by atoms with Crippen molar-refractivity contribution in [2.45, 2.75) is 19.3 Å². The monoisotopic (exact) mass is 416 g/mol. The molecule has 0 spiro atoms. The first-order chi connectivity index (χ1) is 15.1. The smallest absolute Gasteiger partial charge is 0.261 e. The van der Waals surface area contributed by atoms with E-state index in [1.807, 2.05) is 16.8 Å². The molecule has 1 aliphatic rings. The third-order valence-electron chi connectivity index (χ3n) is 5.46. The second-order valence-corrected chi connectivity index (χ2v) is 7.45. The summed E-state index contributed by atoms with van der Waals surface area (Å²) in [5, 5.41) is 2.57. The number of benzene rings is 2. The van der Waals surface area contributed by atoms with Crippen molar-refractivity contribution in [1.82, 2.24) is 14.5 Å². The molecule has 0 radical (unpaired) electrons. The summed E-state index contributed by atoms with van der Waals surface area (Å²) < 4.78 is 29.8. The summed E-state index contributed by atoms with van der Waals surface area (Å²) in [6.45, 7) is 0. The largest absolute Gasteiger partial charge is 0.320 e. The Morgan fingerprint density at radius 3 is 2.61 bits per heavy atom. The number of hydrogen-bond donors (Lipinski definition) is 1. The van der Waals surface area contributed by atoms with Crippen molar-refractivity contribution in [2.24, 2.45) is 0 Å². The normalized spacial score (nSPS) is 12.6. The number of nitrogens with zero attached hydrogens (tertiary/aromatic N) is 3. The number of rotatable bonds is 3. The van der Waals surface area contributed by atoms with Crippen LogP contribution in [0.4, 0.5) is 14.5 Å². The average molecular weight is 416 g/mol. The van der Waals surface area contributed by atoms with E-state index in [4.69, 9.17) is 0 Å². The molecule has 1 aliphatic carbocycles. The molecular formula is C24H18F2N4O. The number of fused-ring (bicyclic) bond motifs is 3. The summed E-state index contributed by atoms with van der Waals surface area (Å²) in [6, 6.07) is 11.4. The van der Waals surface area contributed by atoms with Crippen LogP contribution in [-0.2, 0) is 12.8 Å². The Balaban J connectivity index is 1.50. The van der Waals surface area contributed by atoms with Gasteiger partial charge in [-0.15, -0.1) is 0 Å². The highest BCUT2D eigenvalue weighted by Gasteiger charge is 2.20. The average Bonchev–Trinajstić information content (AvgIpc) is 3.23. The number of carbonyl (C=O) groups excluding carboxylic acids is 1. The summed E-state index contributed by atoms with van der Waals surface area (Å²) in [7, 11) is 0. The van der Waals surface area contributed by atoms with Gasteiger partial charge in [0.1, 0.15) is 17.2 Å². The van der Waals surface area contributed by atoms with Crippen molar-refractivity contribution in [2.75, 3.05) is 5.32 Å². The van der Waals surface area contributed by atoms with Crippen LogP contribution in [0.2, 0.25) is 0 Å². The molecule has 7 heteroatoms. The highest BCUT2D eigenvalue weighted by atomic mass is 19.1. The second kappa shape index (κ2) is 7.75. The predicted molar refractivity (Wildman–Crippen MR) is 113 cm³/mol. The first-order valence-corrected chi connectivity index (χ1v) is 9.96. The highest BCUT2D eigenvalue weighted by Crippen LogP contribution is 2.33. The quantitative estimate of drug-likeness (QED) is 0.514. The van der Waals surface area contributed by atoms with Crippen LogP contribution in [0.5, 0.6) is 0 Å². The molecule has 154 valence electrons. The van der Waals surface area contributed by atoms with Crippen LogP contribution in [0.15, 0.2) is 67.4 Å². The van der Waals surface area contributed by atoms with E-state index >= 15 is 0 Å². The fraction of sp³-hybridized carbons (Fsp3) is 0.125. The molecule has 0 saturated heterocycles. The van der Waals surface area contributed by atoms with Gasteiger partial charge in [-0.05, 0) is 60.7 Å². The lowest BCUT2D eigenvalue weighted by Crippen LogP contribution is -2.16. The van der Waals surface area contributed by atoms with Crippen LogP contribution in [0, 0.1) is 11.6 Å². The van der Waals surface area contributed by atoms with Crippen molar-refractivity contribution < 1.29 is 13.6 Å². The van der Waals surface area contributed by atoms with Crippen molar-refractivity contribution in [3.8, 4) is 16.9 Å². The van der Waals surface area contributed by atoms with E-state index in [2.05, 4.69) is 33.5 Å². The zero-order valence-corrected chi connectivity index (χ0v) is 16.5. The van der Waals surface area contributed by atoms with E-state index in [0.29, 0.717) is 5.69 Å². The van der Waals surface area contributed by atoms with Gasteiger partial charge in [-0.2, -0.15) is 0 Å². The topological polar surface area (TPSA) is 59.8 Å². The van der Waals surface area contributed by atoms with Crippen molar-refractivity contribution >= 4 is 11.6 Å². The van der Waals surface area contributed by atoms with Crippen molar-refractivity contribution in [3.63, 3.8) is 0 Å². The molecule has 5 nitrogen and oxygen atoms in total. The van der Waals surface area contributed by atoms with Crippen molar-refractivity contribution in [1.29, 1.82) is 0 Å². The van der Waals surface area contributed by atoms with E-state index in [9.17, 15) is 13.6 Å². The number of anilines is 1. The van der Waals surface area contributed by atoms with Gasteiger partial charge in [-0.3, -0.25) is 9.78 Å². The maximum Gasteiger partial charge on any atom is 0.261 e. The van der Waals surface area contributed by atoms with Crippen LogP contribution in [0.1, 0.15) is 27.9 Å². The fourth-order valence-corrected chi connectivity index (χ4v) is 3.96. The molecule has 31 heavy (non-hydrogen) atoms. The maximum absolute atomic E-state index is 13.9. The molecule has 0 fully saturated rings. The highest BCUT2D eigenvalue weighted by molar-refractivity contribution is 6.04. The minimum atomic E-state index is -0.902. The lowest BCUT2D eigenvalue weighted by Gasteiger charge is -2.13. The Hall–Kier alpha value is -3.87. The molecule has 1 amide bonds. The Kier molecular flexibility index (Phi) is 4.78. The van der Waals surface area contributed by atoms with Crippen LogP contribution in [-0.4, -0.2) is 20.4 Å². The number of aromatic nitrogens is 3. The standard InChI is InChI=1S/C24H18F2N4O/c25-20-5-2-6-21(26)22(20)24(31)29-17-11-16-4-1-3-15-7-8-18(30-10-9-27-14-30)12-19(15)23(16)28-13-17/h2,5-14H,1,3-4H2,(H,29,31). The molecule has 4 aromatic rings. The summed E-state index contributed by atoms with van der Waals surface area (Å²) in [5.74, 6) is -2.64. The molecule has 2 aromatic heterocycles. The van der Waals surface area contributed by atoms with Gasteiger partial charge in [0.05, 0.1) is 23.9 Å². The van der Waals surface area contributed by atoms with Crippen molar-refractivity contribution in [3.05, 3.63) is 95.7 Å². The second-order valence-electron chi connectivity index (χ2n) is 7.45. The number of hydrogen-bond acceptors (Lipinski definition) is 3. The minimum absolute atomic E-state index is 0.403. The molecule has 0 unspecified atom stereocenters. The zero-order chi connectivity index (χ0) is 21.4. The van der Waals surface area contributed by atoms with E-state index in [-0.39, 0.29) is 0 Å². The van der Waals surface area contributed by atoms with Gasteiger partial charge in [0, 0.05) is 23.6 Å². The van der Waals surface area contributed by atoms with E-state index in [1.54, 1.807) is 12.5 Å². The lowest BCUT2D eigenvalue weighted by atomic mass is 10.0. The predicted octanol–water partition coefficient (Wildman–Crippen LogP) is 4.95. The number of halogens is 2. The van der Waals surface area contributed by atoms with Gasteiger partial charge in [0.15, 0.2) is 0 Å². The lowest BCUT2D eigenvalue weighted by molar-refractivity contribution is 0.101. The Morgan fingerprint density at radius 2 is 1.84 bits per heavy atom. The van der Waals surface area contributed by atoms with Gasteiger partial charge < -0.3 is 9.88 Å². The summed E-state index contributed by atoms with van der Waals surface area (Å²) in [5.41, 5.74) is 4.86. The van der Waals surface area contributed by atoms with Gasteiger partial charge >= 0.3 is 0 Å². The Labute approximate surface area is 177 Å². The minimum Gasteiger partial charge on any atom is -0.320 e. The summed E-state index contributed by atoms with van der Waals surface area (Å²) >= 11 is 0. The molecule has 5 rings (SSSR count). The number of aryl methyl sites for hydroxylation is 2. The van der Waals surface area contributed by atoms with Crippen LogP contribution < -0.4 is 5.32 Å². The first-order valence-electron chi connectivity index (χ1n) is 9.96. The first kappa shape index (κ1) is 19.1. The maximum atomic E-state index is 13.9. The number of amides is 1. The third kappa shape index (κ3) is 3.59. The number of pyridine rings is 1. The van der Waals surface area contributed by atoms with Gasteiger partial charge in [-0.25, -0.2) is 13.8 Å². The molecule has 0 saturated carbocycles. The molecule has 2 aromatic carbocycles. The van der Waals surface area contributed by atoms with Gasteiger partial charge in [-0.1, -0.05) is 12.1 Å². The number of imidazole rings is 1. The molecule has 1 N–H and O–H groups in total. The van der Waals surface area contributed by atoms with E-state index < -0.39 is 23.1 Å². The Morgan fingerprint density at radius 1 is 1.03 bits per heavy atom. The zero-order valence-electron chi connectivity index (χ0n) is 16.5. The van der Waals surface area contributed by atoms with Crippen LogP contribution in [0.25, 0.3) is 16.9 Å². The molecule has 0 bridgehead atoms. The summed E-state index contributed by atoms with van der Waals surface area (Å²) in [6.07, 6.45) is 9.51. The number of carbonyl (C=O) groups is 1. The van der Waals surface area contributed by atoms with Crippen LogP contribution in [0.3, 0.4) is 0 Å². The van der Waals surface area contributed by atoms with E-state index in [1.165, 1.54) is 17.8 Å². The molecule has 0 aliphatic heterocycles. The van der Waals surface area contributed by atoms with E-state index in [0.717, 1.165) is 53.9 Å². The third-order valence-corrected chi connectivity index (χ3v) is 5.46. The SMILES string of the molecule is O=C(Nc1cnc2c(c1)CCCc1ccc(-n3ccnc3)cc1-2)c1c(F)cccc1F. The summed E-state index contributed by atoms with van der Waals surface area (Å²) in [4.78, 5) is 21.1. The fourth-order valence-electron chi connectivity index (χ4n) is 3.96. The van der Waals surface area contributed by atoms with Gasteiger partial charge in [0.2, 0.25) is 0 Å². The molecule has 2 heterocycles. The molecular weight excluding hydrogens is 398 g/mol. The van der Waals surface area contributed by atoms with Gasteiger partial charge in [0.25, 0.3) is 5.91 Å². The Bertz CT molecular complexity index is 1260. The molecule has 0 atom stereocenters.